The van der Waals surface area contributed by atoms with Gasteiger partial charge >= 0.3 is 5.97 Å². The molecular formula is C21H40O2. The standard InChI is InChI=1S/C21H40O2/c1-5-8-10-11-12-13-15-18(4)20(21(22)23)17-19(14-7-3)16-9-6-2/h19H,5-17H2,1-4H3,(H,22,23). The Balaban J connectivity index is 4.49. The second-order valence-corrected chi connectivity index (χ2v) is 7.08. The highest BCUT2D eigenvalue weighted by Gasteiger charge is 2.17. The molecule has 0 rings (SSSR count). The zero-order chi connectivity index (χ0) is 17.5. The van der Waals surface area contributed by atoms with Gasteiger partial charge in [-0.3, -0.25) is 0 Å². The average molecular weight is 325 g/mol. The van der Waals surface area contributed by atoms with Gasteiger partial charge in [-0.05, 0) is 32.1 Å². The van der Waals surface area contributed by atoms with Crippen LogP contribution in [-0.4, -0.2) is 11.1 Å². The Kier molecular flexibility index (Phi) is 14.3. The third-order valence-electron chi connectivity index (χ3n) is 4.83. The van der Waals surface area contributed by atoms with Crippen LogP contribution in [0.4, 0.5) is 0 Å². The van der Waals surface area contributed by atoms with Crippen molar-refractivity contribution >= 4 is 5.97 Å². The molecule has 1 unspecified atom stereocenters. The Morgan fingerprint density at radius 1 is 0.826 bits per heavy atom. The lowest BCUT2D eigenvalue weighted by molar-refractivity contribution is -0.133. The molecule has 23 heavy (non-hydrogen) atoms. The number of hydrogen-bond donors (Lipinski definition) is 1. The Morgan fingerprint density at radius 2 is 1.43 bits per heavy atom. The normalized spacial score (nSPS) is 13.7. The van der Waals surface area contributed by atoms with Gasteiger partial charge in [-0.25, -0.2) is 4.79 Å². The molecule has 0 saturated carbocycles. The van der Waals surface area contributed by atoms with Crippen LogP contribution in [0, 0.1) is 5.92 Å². The van der Waals surface area contributed by atoms with Crippen molar-refractivity contribution in [2.75, 3.05) is 0 Å². The first-order valence-corrected chi connectivity index (χ1v) is 9.98. The fourth-order valence-electron chi connectivity index (χ4n) is 3.30. The second-order valence-electron chi connectivity index (χ2n) is 7.08. The van der Waals surface area contributed by atoms with Crippen LogP contribution >= 0.6 is 0 Å². The molecule has 0 amide bonds. The van der Waals surface area contributed by atoms with Gasteiger partial charge in [0, 0.05) is 5.57 Å². The molecule has 0 heterocycles. The molecule has 0 saturated heterocycles. The van der Waals surface area contributed by atoms with E-state index in [-0.39, 0.29) is 0 Å². The third-order valence-corrected chi connectivity index (χ3v) is 4.83. The maximum Gasteiger partial charge on any atom is 0.331 e. The SMILES string of the molecule is CCCCCCCCC(C)=C(CC(CCC)CCCC)C(=O)O. The summed E-state index contributed by atoms with van der Waals surface area (Å²) in [5, 5.41) is 9.60. The smallest absolute Gasteiger partial charge is 0.331 e. The van der Waals surface area contributed by atoms with E-state index in [0.29, 0.717) is 11.5 Å². The minimum atomic E-state index is -0.689. The first-order valence-electron chi connectivity index (χ1n) is 9.98. The number of carbonyl (C=O) groups is 1. The lowest BCUT2D eigenvalue weighted by Gasteiger charge is -2.18. The summed E-state index contributed by atoms with van der Waals surface area (Å²) in [6.45, 7) is 8.68. The molecular weight excluding hydrogens is 284 g/mol. The highest BCUT2D eigenvalue weighted by Crippen LogP contribution is 2.26. The topological polar surface area (TPSA) is 37.3 Å². The molecule has 0 aliphatic heterocycles. The molecule has 1 N–H and O–H groups in total. The van der Waals surface area contributed by atoms with Crippen molar-refractivity contribution < 1.29 is 9.90 Å². The van der Waals surface area contributed by atoms with E-state index in [9.17, 15) is 9.90 Å². The quantitative estimate of drug-likeness (QED) is 0.257. The second kappa shape index (κ2) is 14.8. The summed E-state index contributed by atoms with van der Waals surface area (Å²) in [7, 11) is 0. The van der Waals surface area contributed by atoms with Gasteiger partial charge in [0.1, 0.15) is 0 Å². The van der Waals surface area contributed by atoms with Gasteiger partial charge in [0.05, 0.1) is 0 Å². The van der Waals surface area contributed by atoms with E-state index in [4.69, 9.17) is 0 Å². The predicted octanol–water partition coefficient (Wildman–Crippen LogP) is 7.13. The molecule has 0 aromatic carbocycles. The summed E-state index contributed by atoms with van der Waals surface area (Å²) in [5.74, 6) is -0.142. The minimum Gasteiger partial charge on any atom is -0.478 e. The van der Waals surface area contributed by atoms with Crippen LogP contribution in [0.15, 0.2) is 11.1 Å². The number of hydrogen-bond acceptors (Lipinski definition) is 1. The largest absolute Gasteiger partial charge is 0.478 e. The van der Waals surface area contributed by atoms with E-state index in [1.165, 1.54) is 51.4 Å². The molecule has 2 heteroatoms. The minimum absolute atomic E-state index is 0.547. The van der Waals surface area contributed by atoms with Crippen molar-refractivity contribution in [2.45, 2.75) is 111 Å². The van der Waals surface area contributed by atoms with Gasteiger partial charge < -0.3 is 5.11 Å². The number of carboxylic acids is 1. The Labute approximate surface area is 144 Å². The molecule has 0 aromatic rings. The van der Waals surface area contributed by atoms with Crippen LogP contribution < -0.4 is 0 Å². The van der Waals surface area contributed by atoms with Crippen LogP contribution in [0.3, 0.4) is 0 Å². The molecule has 0 radical (unpaired) electrons. The summed E-state index contributed by atoms with van der Waals surface area (Å²) < 4.78 is 0. The zero-order valence-corrected chi connectivity index (χ0v) is 16.1. The van der Waals surface area contributed by atoms with Crippen molar-refractivity contribution in [3.8, 4) is 0 Å². The Morgan fingerprint density at radius 3 is 2.00 bits per heavy atom. The first-order chi connectivity index (χ1) is 11.1. The van der Waals surface area contributed by atoms with E-state index in [1.54, 1.807) is 0 Å². The van der Waals surface area contributed by atoms with E-state index in [2.05, 4.69) is 20.8 Å². The number of carboxylic acid groups (broad SMARTS) is 1. The van der Waals surface area contributed by atoms with Crippen molar-refractivity contribution in [3.05, 3.63) is 11.1 Å². The van der Waals surface area contributed by atoms with Gasteiger partial charge in [0.2, 0.25) is 0 Å². The molecule has 0 aromatic heterocycles. The van der Waals surface area contributed by atoms with E-state index < -0.39 is 5.97 Å². The average Bonchev–Trinajstić information content (AvgIpc) is 2.52. The van der Waals surface area contributed by atoms with Crippen LogP contribution in [-0.2, 0) is 4.79 Å². The number of unbranched alkanes of at least 4 members (excludes halogenated alkanes) is 6. The van der Waals surface area contributed by atoms with E-state index in [0.717, 1.165) is 37.7 Å². The van der Waals surface area contributed by atoms with E-state index >= 15 is 0 Å². The maximum atomic E-state index is 11.7. The van der Waals surface area contributed by atoms with Crippen LogP contribution in [0.1, 0.15) is 111 Å². The van der Waals surface area contributed by atoms with Crippen LogP contribution in [0.5, 0.6) is 0 Å². The van der Waals surface area contributed by atoms with E-state index in [1.807, 2.05) is 6.92 Å². The summed E-state index contributed by atoms with van der Waals surface area (Å²) in [6, 6.07) is 0. The van der Waals surface area contributed by atoms with Gasteiger partial charge in [0.15, 0.2) is 0 Å². The van der Waals surface area contributed by atoms with Crippen molar-refractivity contribution in [1.82, 2.24) is 0 Å². The third kappa shape index (κ3) is 11.4. The van der Waals surface area contributed by atoms with Crippen molar-refractivity contribution in [3.63, 3.8) is 0 Å². The zero-order valence-electron chi connectivity index (χ0n) is 16.1. The Hall–Kier alpha value is -0.790. The lowest BCUT2D eigenvalue weighted by Crippen LogP contribution is -2.10. The number of aliphatic carboxylic acids is 1. The first kappa shape index (κ1) is 22.2. The fourth-order valence-corrected chi connectivity index (χ4v) is 3.30. The number of allylic oxidation sites excluding steroid dienone is 1. The summed E-state index contributed by atoms with van der Waals surface area (Å²) in [5.41, 5.74) is 1.82. The molecule has 136 valence electrons. The van der Waals surface area contributed by atoms with Gasteiger partial charge in [-0.15, -0.1) is 0 Å². The molecule has 0 bridgehead atoms. The van der Waals surface area contributed by atoms with Gasteiger partial charge in [-0.1, -0.05) is 90.6 Å². The number of rotatable bonds is 15. The lowest BCUT2D eigenvalue weighted by atomic mass is 9.87. The summed E-state index contributed by atoms with van der Waals surface area (Å²) >= 11 is 0. The molecule has 0 spiro atoms. The molecule has 1 atom stereocenters. The monoisotopic (exact) mass is 324 g/mol. The highest BCUT2D eigenvalue weighted by atomic mass is 16.4. The molecule has 0 aliphatic carbocycles. The molecule has 2 nitrogen and oxygen atoms in total. The predicted molar refractivity (Wildman–Crippen MR) is 101 cm³/mol. The van der Waals surface area contributed by atoms with Crippen molar-refractivity contribution in [1.29, 1.82) is 0 Å². The fraction of sp³-hybridized carbons (Fsp3) is 0.857. The van der Waals surface area contributed by atoms with Crippen LogP contribution in [0.2, 0.25) is 0 Å². The van der Waals surface area contributed by atoms with Gasteiger partial charge in [0.25, 0.3) is 0 Å². The summed E-state index contributed by atoms with van der Waals surface area (Å²) in [4.78, 5) is 11.7. The summed E-state index contributed by atoms with van der Waals surface area (Å²) in [6.07, 6.45) is 15.2. The Bertz CT molecular complexity index is 331. The highest BCUT2D eigenvalue weighted by molar-refractivity contribution is 5.87. The molecule has 0 aliphatic rings. The van der Waals surface area contributed by atoms with Gasteiger partial charge in [-0.2, -0.15) is 0 Å². The van der Waals surface area contributed by atoms with Crippen LogP contribution in [0.25, 0.3) is 0 Å². The van der Waals surface area contributed by atoms with Crippen molar-refractivity contribution in [2.24, 2.45) is 5.92 Å². The maximum absolute atomic E-state index is 11.7. The molecule has 0 fully saturated rings.